The van der Waals surface area contributed by atoms with Gasteiger partial charge in [-0.15, -0.1) is 0 Å². The van der Waals surface area contributed by atoms with Gasteiger partial charge in [-0.25, -0.2) is 9.78 Å². The van der Waals surface area contributed by atoms with Gasteiger partial charge >= 0.3 is 5.69 Å². The van der Waals surface area contributed by atoms with Crippen molar-refractivity contribution in [3.63, 3.8) is 0 Å². The number of pyridine rings is 1. The first kappa shape index (κ1) is 16.4. The Balaban J connectivity index is 2.07. The maximum absolute atomic E-state index is 12.8. The van der Waals surface area contributed by atoms with Crippen molar-refractivity contribution in [2.75, 3.05) is 13.1 Å². The third-order valence-electron chi connectivity index (χ3n) is 4.68. The van der Waals surface area contributed by atoms with Gasteiger partial charge in [0.05, 0.1) is 5.39 Å². The molecule has 0 N–H and O–H groups in total. The van der Waals surface area contributed by atoms with Crippen molar-refractivity contribution in [2.45, 2.75) is 20.3 Å². The van der Waals surface area contributed by atoms with Crippen molar-refractivity contribution >= 4 is 16.9 Å². The zero-order chi connectivity index (χ0) is 17.6. The molecule has 0 spiro atoms. The first-order chi connectivity index (χ1) is 11.3. The van der Waals surface area contributed by atoms with Crippen molar-refractivity contribution < 1.29 is 4.79 Å². The summed E-state index contributed by atoms with van der Waals surface area (Å²) < 4.78 is 2.34. The van der Waals surface area contributed by atoms with E-state index in [0.717, 1.165) is 11.0 Å². The van der Waals surface area contributed by atoms with E-state index in [1.807, 2.05) is 4.90 Å². The fraction of sp³-hybridized carbons (Fsp3) is 0.529. The number of carbonyl (C=O) groups is 1. The van der Waals surface area contributed by atoms with Crippen LogP contribution >= 0.6 is 0 Å². The number of piperidine rings is 1. The molecule has 7 nitrogen and oxygen atoms in total. The van der Waals surface area contributed by atoms with Gasteiger partial charge < -0.3 is 4.90 Å². The highest BCUT2D eigenvalue weighted by molar-refractivity contribution is 5.94. The molecule has 1 fully saturated rings. The van der Waals surface area contributed by atoms with Gasteiger partial charge in [-0.05, 0) is 30.4 Å². The van der Waals surface area contributed by atoms with E-state index in [-0.39, 0.29) is 17.2 Å². The zero-order valence-electron chi connectivity index (χ0n) is 14.4. The Hall–Kier alpha value is -2.44. The largest absolute Gasteiger partial charge is 0.337 e. The summed E-state index contributed by atoms with van der Waals surface area (Å²) in [6.45, 7) is 5.69. The van der Waals surface area contributed by atoms with Crippen LogP contribution in [-0.2, 0) is 14.1 Å². The first-order valence-corrected chi connectivity index (χ1v) is 8.15. The lowest BCUT2D eigenvalue weighted by atomic mass is 9.92. The molecule has 1 aliphatic heterocycles. The van der Waals surface area contributed by atoms with E-state index in [2.05, 4.69) is 18.8 Å². The van der Waals surface area contributed by atoms with Crippen molar-refractivity contribution in [1.82, 2.24) is 19.0 Å². The molecule has 0 aromatic carbocycles. The van der Waals surface area contributed by atoms with Crippen LogP contribution in [0.5, 0.6) is 0 Å². The number of amides is 1. The Kier molecular flexibility index (Phi) is 4.03. The number of aryl methyl sites for hydroxylation is 1. The molecule has 128 valence electrons. The molecule has 0 bridgehead atoms. The molecule has 1 aliphatic rings. The number of aromatic nitrogens is 3. The Morgan fingerprint density at radius 1 is 1.08 bits per heavy atom. The number of hydrogen-bond acceptors (Lipinski definition) is 4. The van der Waals surface area contributed by atoms with E-state index < -0.39 is 11.2 Å². The van der Waals surface area contributed by atoms with E-state index >= 15 is 0 Å². The molecule has 7 heteroatoms. The Bertz CT molecular complexity index is 918. The molecule has 0 saturated carbocycles. The molecular formula is C17H22N4O3. The molecule has 0 aliphatic carbocycles. The van der Waals surface area contributed by atoms with Crippen molar-refractivity contribution in [3.05, 3.63) is 38.7 Å². The van der Waals surface area contributed by atoms with E-state index in [1.165, 1.54) is 11.6 Å². The van der Waals surface area contributed by atoms with Crippen LogP contribution in [0.4, 0.5) is 0 Å². The lowest BCUT2D eigenvalue weighted by molar-refractivity contribution is 0.0617. The summed E-state index contributed by atoms with van der Waals surface area (Å²) in [5, 5.41) is 0.330. The second kappa shape index (κ2) is 5.89. The summed E-state index contributed by atoms with van der Waals surface area (Å²) in [5.41, 5.74) is -0.344. The van der Waals surface area contributed by atoms with Crippen molar-refractivity contribution in [2.24, 2.45) is 25.9 Å². The minimum atomic E-state index is -0.454. The molecular weight excluding hydrogens is 308 g/mol. The second-order valence-electron chi connectivity index (χ2n) is 6.93. The number of fused-ring (bicyclic) bond motifs is 1. The third-order valence-corrected chi connectivity index (χ3v) is 4.68. The molecule has 1 amide bonds. The van der Waals surface area contributed by atoms with Crippen LogP contribution in [-0.4, -0.2) is 38.0 Å². The van der Waals surface area contributed by atoms with Gasteiger partial charge in [0.25, 0.3) is 11.5 Å². The fourth-order valence-electron chi connectivity index (χ4n) is 3.56. The average Bonchev–Trinajstić information content (AvgIpc) is 2.56. The molecule has 0 radical (unpaired) electrons. The molecule has 2 aromatic heterocycles. The Labute approximate surface area is 139 Å². The summed E-state index contributed by atoms with van der Waals surface area (Å²) in [4.78, 5) is 43.2. The average molecular weight is 330 g/mol. The third kappa shape index (κ3) is 2.64. The molecule has 3 rings (SSSR count). The van der Waals surface area contributed by atoms with Gasteiger partial charge in [-0.2, -0.15) is 0 Å². The number of hydrogen-bond donors (Lipinski definition) is 0. The van der Waals surface area contributed by atoms with Crippen LogP contribution in [0.1, 0.15) is 30.8 Å². The lowest BCUT2D eigenvalue weighted by Crippen LogP contribution is -2.43. The molecule has 24 heavy (non-hydrogen) atoms. The van der Waals surface area contributed by atoms with Crippen LogP contribution in [0.2, 0.25) is 0 Å². The van der Waals surface area contributed by atoms with Gasteiger partial charge in [0.2, 0.25) is 0 Å². The van der Waals surface area contributed by atoms with Gasteiger partial charge in [-0.1, -0.05) is 13.8 Å². The monoisotopic (exact) mass is 330 g/mol. The summed E-state index contributed by atoms with van der Waals surface area (Å²) in [5.74, 6) is 0.757. The van der Waals surface area contributed by atoms with Crippen LogP contribution in [0.3, 0.4) is 0 Å². The second-order valence-corrected chi connectivity index (χ2v) is 6.93. The maximum Gasteiger partial charge on any atom is 0.332 e. The van der Waals surface area contributed by atoms with Crippen LogP contribution < -0.4 is 11.2 Å². The maximum atomic E-state index is 12.8. The van der Waals surface area contributed by atoms with Crippen molar-refractivity contribution in [1.29, 1.82) is 0 Å². The van der Waals surface area contributed by atoms with Gasteiger partial charge in [0.1, 0.15) is 11.3 Å². The Morgan fingerprint density at radius 3 is 2.33 bits per heavy atom. The van der Waals surface area contributed by atoms with Gasteiger partial charge in [0, 0.05) is 27.2 Å². The van der Waals surface area contributed by atoms with Gasteiger partial charge in [-0.3, -0.25) is 18.7 Å². The summed E-state index contributed by atoms with van der Waals surface area (Å²) in [7, 11) is 2.98. The topological polar surface area (TPSA) is 77.2 Å². The van der Waals surface area contributed by atoms with E-state index in [9.17, 15) is 14.4 Å². The first-order valence-electron chi connectivity index (χ1n) is 8.15. The van der Waals surface area contributed by atoms with Crippen LogP contribution in [0.15, 0.2) is 21.7 Å². The Morgan fingerprint density at radius 2 is 1.71 bits per heavy atom. The molecule has 2 atom stereocenters. The molecule has 2 aromatic rings. The summed E-state index contributed by atoms with van der Waals surface area (Å²) >= 11 is 0. The smallest absolute Gasteiger partial charge is 0.332 e. The summed E-state index contributed by atoms with van der Waals surface area (Å²) in [6.07, 6.45) is 1.11. The molecule has 0 unspecified atom stereocenters. The van der Waals surface area contributed by atoms with Crippen molar-refractivity contribution in [3.8, 4) is 0 Å². The van der Waals surface area contributed by atoms with E-state index in [0.29, 0.717) is 30.3 Å². The highest BCUT2D eigenvalue weighted by Gasteiger charge is 2.27. The SMILES string of the molecule is C[C@@H]1C[C@H](C)CN(C(=O)c2ccc3c(=O)n(C)c(=O)n(C)c3n2)C1. The van der Waals surface area contributed by atoms with Crippen LogP contribution in [0.25, 0.3) is 11.0 Å². The van der Waals surface area contributed by atoms with E-state index in [4.69, 9.17) is 0 Å². The number of likely N-dealkylation sites (tertiary alicyclic amines) is 1. The highest BCUT2D eigenvalue weighted by Crippen LogP contribution is 2.22. The fourth-order valence-corrected chi connectivity index (χ4v) is 3.56. The zero-order valence-corrected chi connectivity index (χ0v) is 14.4. The molecule has 1 saturated heterocycles. The minimum absolute atomic E-state index is 0.150. The summed E-state index contributed by atoms with van der Waals surface area (Å²) in [6, 6.07) is 3.15. The predicted molar refractivity (Wildman–Crippen MR) is 91.1 cm³/mol. The number of rotatable bonds is 1. The lowest BCUT2D eigenvalue weighted by Gasteiger charge is -2.34. The predicted octanol–water partition coefficient (Wildman–Crippen LogP) is 0.750. The van der Waals surface area contributed by atoms with E-state index in [1.54, 1.807) is 19.2 Å². The quantitative estimate of drug-likeness (QED) is 0.773. The van der Waals surface area contributed by atoms with Crippen LogP contribution in [0, 0.1) is 11.8 Å². The standard InChI is InChI=1S/C17H22N4O3/c1-10-7-11(2)9-21(8-10)16(23)13-6-5-12-14(18-13)19(3)17(24)20(4)15(12)22/h5-6,10-11H,7-9H2,1-4H3/t10-,11+. The normalized spacial score (nSPS) is 21.2. The minimum Gasteiger partial charge on any atom is -0.337 e. The number of nitrogens with zero attached hydrogens (tertiary/aromatic N) is 4. The van der Waals surface area contributed by atoms with Gasteiger partial charge in [0.15, 0.2) is 0 Å². The number of carbonyl (C=O) groups excluding carboxylic acids is 1. The molecule has 3 heterocycles. The highest BCUT2D eigenvalue weighted by atomic mass is 16.2.